The van der Waals surface area contributed by atoms with Crippen LogP contribution in [0.5, 0.6) is 0 Å². The fraction of sp³-hybridized carbons (Fsp3) is 0.667. The molecule has 0 fully saturated rings. The molecule has 0 aliphatic heterocycles. The van der Waals surface area contributed by atoms with Gasteiger partial charge in [0.15, 0.2) is 0 Å². The first kappa shape index (κ1) is 30.4. The predicted molar refractivity (Wildman–Crippen MR) is 136 cm³/mol. The van der Waals surface area contributed by atoms with Gasteiger partial charge in [0.05, 0.1) is 18.6 Å². The molecule has 1 rings (SSSR count). The second-order valence-corrected chi connectivity index (χ2v) is 10.3. The Labute approximate surface area is 210 Å². The Hall–Kier alpha value is -2.61. The molecule has 0 aromatic heterocycles. The second kappa shape index (κ2) is 14.1. The SMILES string of the molecule is CC[C@H](C)[C@@H]([C@@H](CC(=O)OC(C)(C)C)OC)N(C)C(=O)[C@H](NC(=O)OCc1ccccc1)C(C)C. The lowest BCUT2D eigenvalue weighted by Crippen LogP contribution is -2.57. The summed E-state index contributed by atoms with van der Waals surface area (Å²) in [5.74, 6) is -0.803. The third kappa shape index (κ3) is 10.3. The lowest BCUT2D eigenvalue weighted by Gasteiger charge is -2.39. The van der Waals surface area contributed by atoms with Crippen molar-refractivity contribution in [1.29, 1.82) is 0 Å². The van der Waals surface area contributed by atoms with Crippen molar-refractivity contribution in [2.75, 3.05) is 14.2 Å². The van der Waals surface area contributed by atoms with Crippen molar-refractivity contribution in [2.45, 2.75) is 91.7 Å². The Kier molecular flexibility index (Phi) is 12.2. The summed E-state index contributed by atoms with van der Waals surface area (Å²) in [5.41, 5.74) is 0.240. The van der Waals surface area contributed by atoms with Crippen LogP contribution >= 0.6 is 0 Å². The number of amides is 2. The number of hydrogen-bond acceptors (Lipinski definition) is 6. The van der Waals surface area contributed by atoms with E-state index in [4.69, 9.17) is 14.2 Å². The number of alkyl carbamates (subject to hydrolysis) is 1. The van der Waals surface area contributed by atoms with Gasteiger partial charge < -0.3 is 24.4 Å². The summed E-state index contributed by atoms with van der Waals surface area (Å²) in [5, 5.41) is 2.72. The summed E-state index contributed by atoms with van der Waals surface area (Å²) in [6.45, 7) is 13.3. The lowest BCUT2D eigenvalue weighted by atomic mass is 9.90. The molecule has 198 valence electrons. The number of nitrogens with zero attached hydrogens (tertiary/aromatic N) is 1. The van der Waals surface area contributed by atoms with Crippen LogP contribution in [-0.4, -0.2) is 60.8 Å². The Morgan fingerprint density at radius 1 is 1.06 bits per heavy atom. The number of benzene rings is 1. The van der Waals surface area contributed by atoms with Gasteiger partial charge >= 0.3 is 12.1 Å². The number of carbonyl (C=O) groups excluding carboxylic acids is 3. The quantitative estimate of drug-likeness (QED) is 0.430. The fourth-order valence-corrected chi connectivity index (χ4v) is 3.90. The van der Waals surface area contributed by atoms with Gasteiger partial charge in [-0.3, -0.25) is 9.59 Å². The summed E-state index contributed by atoms with van der Waals surface area (Å²) < 4.78 is 16.5. The maximum absolute atomic E-state index is 13.6. The third-order valence-electron chi connectivity index (χ3n) is 5.91. The van der Waals surface area contributed by atoms with Gasteiger partial charge in [-0.05, 0) is 38.2 Å². The Bertz CT molecular complexity index is 806. The van der Waals surface area contributed by atoms with E-state index in [1.54, 1.807) is 11.9 Å². The van der Waals surface area contributed by atoms with Crippen molar-refractivity contribution in [3.63, 3.8) is 0 Å². The van der Waals surface area contributed by atoms with Crippen LogP contribution in [0.3, 0.4) is 0 Å². The number of esters is 1. The molecule has 1 aromatic rings. The van der Waals surface area contributed by atoms with E-state index in [1.807, 2.05) is 78.8 Å². The van der Waals surface area contributed by atoms with Gasteiger partial charge in [0.25, 0.3) is 0 Å². The van der Waals surface area contributed by atoms with Gasteiger partial charge in [-0.25, -0.2) is 4.79 Å². The molecule has 0 saturated heterocycles. The van der Waals surface area contributed by atoms with Gasteiger partial charge in [-0.2, -0.15) is 0 Å². The van der Waals surface area contributed by atoms with Crippen LogP contribution in [-0.2, 0) is 30.4 Å². The number of hydrogen-bond donors (Lipinski definition) is 1. The van der Waals surface area contributed by atoms with Gasteiger partial charge in [-0.1, -0.05) is 64.4 Å². The van der Waals surface area contributed by atoms with Crippen molar-refractivity contribution < 1.29 is 28.6 Å². The molecular weight excluding hydrogens is 448 g/mol. The van der Waals surface area contributed by atoms with Crippen molar-refractivity contribution in [3.8, 4) is 0 Å². The zero-order chi connectivity index (χ0) is 26.8. The maximum atomic E-state index is 13.6. The van der Waals surface area contributed by atoms with Crippen LogP contribution in [0.15, 0.2) is 30.3 Å². The minimum Gasteiger partial charge on any atom is -0.460 e. The van der Waals surface area contributed by atoms with Crippen molar-refractivity contribution in [3.05, 3.63) is 35.9 Å². The zero-order valence-corrected chi connectivity index (χ0v) is 22.8. The van der Waals surface area contributed by atoms with Crippen molar-refractivity contribution >= 4 is 18.0 Å². The van der Waals surface area contributed by atoms with E-state index in [0.29, 0.717) is 0 Å². The molecule has 8 nitrogen and oxygen atoms in total. The minimum absolute atomic E-state index is 0.0132. The molecule has 0 saturated carbocycles. The summed E-state index contributed by atoms with van der Waals surface area (Å²) in [4.78, 5) is 40.2. The highest BCUT2D eigenvalue weighted by Crippen LogP contribution is 2.24. The van der Waals surface area contributed by atoms with E-state index in [1.165, 1.54) is 7.11 Å². The molecule has 0 aliphatic rings. The largest absolute Gasteiger partial charge is 0.460 e. The van der Waals surface area contributed by atoms with E-state index in [9.17, 15) is 14.4 Å². The molecule has 0 radical (unpaired) electrons. The molecule has 8 heteroatoms. The van der Waals surface area contributed by atoms with Crippen molar-refractivity contribution in [2.24, 2.45) is 11.8 Å². The highest BCUT2D eigenvalue weighted by Gasteiger charge is 2.38. The molecular formula is C27H44N2O6. The average Bonchev–Trinajstić information content (AvgIpc) is 2.79. The van der Waals surface area contributed by atoms with E-state index in [0.717, 1.165) is 12.0 Å². The predicted octanol–water partition coefficient (Wildman–Crippen LogP) is 4.56. The van der Waals surface area contributed by atoms with Crippen LogP contribution in [0, 0.1) is 11.8 Å². The van der Waals surface area contributed by atoms with E-state index in [2.05, 4.69) is 5.32 Å². The molecule has 0 unspecified atom stereocenters. The number of likely N-dealkylation sites (N-methyl/N-ethyl adjacent to an activating group) is 1. The summed E-state index contributed by atoms with van der Waals surface area (Å²) in [6.07, 6.45) is -0.438. The minimum atomic E-state index is -0.797. The highest BCUT2D eigenvalue weighted by molar-refractivity contribution is 5.86. The molecule has 1 N–H and O–H groups in total. The van der Waals surface area contributed by atoms with Crippen molar-refractivity contribution in [1.82, 2.24) is 10.2 Å². The first-order valence-corrected chi connectivity index (χ1v) is 12.3. The molecule has 2 amide bonds. The Morgan fingerprint density at radius 3 is 2.14 bits per heavy atom. The first-order chi connectivity index (χ1) is 16.3. The van der Waals surface area contributed by atoms with Crippen LogP contribution in [0.4, 0.5) is 4.79 Å². The molecule has 0 spiro atoms. The molecule has 1 aromatic carbocycles. The second-order valence-electron chi connectivity index (χ2n) is 10.3. The standard InChI is InChI=1S/C27H44N2O6/c1-10-19(4)24(21(33-9)16-22(30)35-27(5,6)7)29(8)25(31)23(18(2)3)28-26(32)34-17-20-14-12-11-13-15-20/h11-15,18-19,21,23-24H,10,16-17H2,1-9H3,(H,28,32)/t19-,21+,23+,24-/m0/s1. The van der Waals surface area contributed by atoms with Crippen LogP contribution < -0.4 is 5.32 Å². The lowest BCUT2D eigenvalue weighted by molar-refractivity contribution is -0.160. The Balaban J connectivity index is 2.99. The average molecular weight is 493 g/mol. The summed E-state index contributed by atoms with van der Waals surface area (Å²) in [6, 6.07) is 8.14. The molecule has 35 heavy (non-hydrogen) atoms. The Morgan fingerprint density at radius 2 is 1.66 bits per heavy atom. The smallest absolute Gasteiger partial charge is 0.408 e. The van der Waals surface area contributed by atoms with Gasteiger partial charge in [-0.15, -0.1) is 0 Å². The monoisotopic (exact) mass is 492 g/mol. The third-order valence-corrected chi connectivity index (χ3v) is 5.91. The normalized spacial score (nSPS) is 15.0. The summed E-state index contributed by atoms with van der Waals surface area (Å²) >= 11 is 0. The number of methoxy groups -OCH3 is 1. The topological polar surface area (TPSA) is 94.2 Å². The van der Waals surface area contributed by atoms with Gasteiger partial charge in [0, 0.05) is 14.2 Å². The fourth-order valence-electron chi connectivity index (χ4n) is 3.90. The number of ether oxygens (including phenoxy) is 3. The number of nitrogens with one attached hydrogen (secondary N) is 1. The zero-order valence-electron chi connectivity index (χ0n) is 22.8. The molecule has 4 atom stereocenters. The van der Waals surface area contributed by atoms with Crippen LogP contribution in [0.2, 0.25) is 0 Å². The number of rotatable bonds is 12. The number of carbonyl (C=O) groups is 3. The maximum Gasteiger partial charge on any atom is 0.408 e. The van der Waals surface area contributed by atoms with Gasteiger partial charge in [0.2, 0.25) is 5.91 Å². The van der Waals surface area contributed by atoms with Crippen LogP contribution in [0.25, 0.3) is 0 Å². The molecule has 0 aliphatic carbocycles. The van der Waals surface area contributed by atoms with E-state index < -0.39 is 29.9 Å². The highest BCUT2D eigenvalue weighted by atomic mass is 16.6. The molecule has 0 heterocycles. The van der Waals surface area contributed by atoms with Crippen LogP contribution in [0.1, 0.15) is 66.9 Å². The summed E-state index contributed by atoms with van der Waals surface area (Å²) in [7, 11) is 3.22. The molecule has 0 bridgehead atoms. The van der Waals surface area contributed by atoms with E-state index in [-0.39, 0.29) is 36.7 Å². The van der Waals surface area contributed by atoms with Gasteiger partial charge in [0.1, 0.15) is 18.2 Å². The first-order valence-electron chi connectivity index (χ1n) is 12.3. The van der Waals surface area contributed by atoms with E-state index >= 15 is 0 Å².